The van der Waals surface area contributed by atoms with E-state index in [1.807, 2.05) is 24.3 Å². The van der Waals surface area contributed by atoms with Crippen molar-refractivity contribution in [1.82, 2.24) is 4.98 Å². The van der Waals surface area contributed by atoms with Crippen molar-refractivity contribution in [2.24, 2.45) is 0 Å². The molecule has 112 valence electrons. The molecular formula is C17H20ClNO2. The van der Waals surface area contributed by atoms with Crippen LogP contribution in [-0.2, 0) is 4.74 Å². The largest absolute Gasteiger partial charge is 0.461 e. The van der Waals surface area contributed by atoms with Crippen molar-refractivity contribution in [2.75, 3.05) is 6.61 Å². The average Bonchev–Trinajstić information content (AvgIpc) is 2.50. The molecule has 2 aromatic rings. The number of unbranched alkanes of at least 4 members (excludes halogenated alkanes) is 4. The summed E-state index contributed by atoms with van der Waals surface area (Å²) in [6.45, 7) is 2.61. The minimum atomic E-state index is -0.404. The van der Waals surface area contributed by atoms with Crippen LogP contribution in [0.2, 0.25) is 5.02 Å². The number of carbonyl (C=O) groups excluding carboxylic acids is 1. The third-order valence-corrected chi connectivity index (χ3v) is 3.67. The summed E-state index contributed by atoms with van der Waals surface area (Å²) in [4.78, 5) is 16.3. The van der Waals surface area contributed by atoms with E-state index in [1.165, 1.54) is 19.3 Å². The number of ether oxygens (including phenoxy) is 1. The van der Waals surface area contributed by atoms with E-state index in [0.29, 0.717) is 17.1 Å². The molecule has 0 aliphatic rings. The lowest BCUT2D eigenvalue weighted by Gasteiger charge is -2.06. The first-order chi connectivity index (χ1) is 10.2. The van der Waals surface area contributed by atoms with Gasteiger partial charge in [0.05, 0.1) is 17.1 Å². The van der Waals surface area contributed by atoms with Gasteiger partial charge in [0.25, 0.3) is 0 Å². The SMILES string of the molecule is CCCCCCCOC(=O)c1cc(Cl)c2ccccc2n1. The van der Waals surface area contributed by atoms with Crippen molar-refractivity contribution < 1.29 is 9.53 Å². The van der Waals surface area contributed by atoms with E-state index in [0.717, 1.165) is 18.2 Å². The van der Waals surface area contributed by atoms with Crippen LogP contribution in [-0.4, -0.2) is 17.6 Å². The monoisotopic (exact) mass is 305 g/mol. The lowest BCUT2D eigenvalue weighted by Crippen LogP contribution is -2.08. The van der Waals surface area contributed by atoms with E-state index in [-0.39, 0.29) is 5.69 Å². The van der Waals surface area contributed by atoms with Gasteiger partial charge in [0, 0.05) is 5.39 Å². The van der Waals surface area contributed by atoms with Crippen molar-refractivity contribution in [3.63, 3.8) is 0 Å². The van der Waals surface area contributed by atoms with E-state index >= 15 is 0 Å². The highest BCUT2D eigenvalue weighted by Crippen LogP contribution is 2.23. The van der Waals surface area contributed by atoms with Gasteiger partial charge in [0.2, 0.25) is 0 Å². The van der Waals surface area contributed by atoms with Crippen LogP contribution in [0.4, 0.5) is 0 Å². The van der Waals surface area contributed by atoms with Gasteiger partial charge in [0.15, 0.2) is 5.69 Å². The Balaban J connectivity index is 1.93. The molecule has 0 saturated carbocycles. The molecule has 2 rings (SSSR count). The summed E-state index contributed by atoms with van der Waals surface area (Å²) in [5.41, 5.74) is 0.979. The van der Waals surface area contributed by atoms with Crippen LogP contribution in [0.25, 0.3) is 10.9 Å². The Bertz CT molecular complexity index is 613. The first-order valence-corrected chi connectivity index (χ1v) is 7.82. The summed E-state index contributed by atoms with van der Waals surface area (Å²) in [7, 11) is 0. The summed E-state index contributed by atoms with van der Waals surface area (Å²) >= 11 is 6.18. The molecule has 0 saturated heterocycles. The molecule has 3 nitrogen and oxygen atoms in total. The number of para-hydroxylation sites is 1. The molecule has 1 aromatic heterocycles. The summed E-state index contributed by atoms with van der Waals surface area (Å²) in [5, 5.41) is 1.37. The van der Waals surface area contributed by atoms with Crippen molar-refractivity contribution in [3.05, 3.63) is 41.0 Å². The summed E-state index contributed by atoms with van der Waals surface area (Å²) in [6.07, 6.45) is 5.61. The minimum Gasteiger partial charge on any atom is -0.461 e. The quantitative estimate of drug-likeness (QED) is 0.533. The van der Waals surface area contributed by atoms with Crippen molar-refractivity contribution in [3.8, 4) is 0 Å². The second kappa shape index (κ2) is 7.99. The molecule has 21 heavy (non-hydrogen) atoms. The summed E-state index contributed by atoms with van der Waals surface area (Å²) in [6, 6.07) is 9.05. The molecule has 0 fully saturated rings. The van der Waals surface area contributed by atoms with E-state index in [9.17, 15) is 4.79 Å². The van der Waals surface area contributed by atoms with Gasteiger partial charge in [0.1, 0.15) is 0 Å². The Labute approximate surface area is 130 Å². The number of pyridine rings is 1. The zero-order valence-electron chi connectivity index (χ0n) is 12.3. The zero-order valence-corrected chi connectivity index (χ0v) is 13.0. The molecule has 4 heteroatoms. The van der Waals surface area contributed by atoms with Crippen LogP contribution in [0.15, 0.2) is 30.3 Å². The maximum atomic E-state index is 12.0. The third-order valence-electron chi connectivity index (χ3n) is 3.36. The molecule has 0 N–H and O–H groups in total. The number of nitrogens with zero attached hydrogens (tertiary/aromatic N) is 1. The van der Waals surface area contributed by atoms with Gasteiger partial charge in [-0.05, 0) is 18.6 Å². The topological polar surface area (TPSA) is 39.2 Å². The zero-order chi connectivity index (χ0) is 15.1. The Kier molecular flexibility index (Phi) is 6.00. The number of carbonyl (C=O) groups is 1. The van der Waals surface area contributed by atoms with Crippen LogP contribution in [0.3, 0.4) is 0 Å². The van der Waals surface area contributed by atoms with Gasteiger partial charge in [-0.25, -0.2) is 9.78 Å². The molecular weight excluding hydrogens is 286 g/mol. The first kappa shape index (κ1) is 15.8. The molecule has 0 radical (unpaired) electrons. The molecule has 1 aromatic carbocycles. The number of aromatic nitrogens is 1. The van der Waals surface area contributed by atoms with Crippen molar-refractivity contribution >= 4 is 28.5 Å². The average molecular weight is 306 g/mol. The fourth-order valence-electron chi connectivity index (χ4n) is 2.18. The highest BCUT2D eigenvalue weighted by molar-refractivity contribution is 6.35. The normalized spacial score (nSPS) is 10.8. The van der Waals surface area contributed by atoms with E-state index in [1.54, 1.807) is 6.07 Å². The summed E-state index contributed by atoms with van der Waals surface area (Å²) < 4.78 is 5.25. The fourth-order valence-corrected chi connectivity index (χ4v) is 2.45. The second-order valence-electron chi connectivity index (χ2n) is 5.06. The summed E-state index contributed by atoms with van der Waals surface area (Å²) in [5.74, 6) is -0.404. The van der Waals surface area contributed by atoms with E-state index in [2.05, 4.69) is 11.9 Å². The van der Waals surface area contributed by atoms with Crippen LogP contribution in [0.5, 0.6) is 0 Å². The molecule has 1 heterocycles. The highest BCUT2D eigenvalue weighted by Gasteiger charge is 2.12. The Morgan fingerprint density at radius 2 is 1.95 bits per heavy atom. The highest BCUT2D eigenvalue weighted by atomic mass is 35.5. The van der Waals surface area contributed by atoms with Crippen LogP contribution in [0, 0.1) is 0 Å². The first-order valence-electron chi connectivity index (χ1n) is 7.44. The van der Waals surface area contributed by atoms with Crippen LogP contribution in [0.1, 0.15) is 49.5 Å². The number of hydrogen-bond acceptors (Lipinski definition) is 3. The van der Waals surface area contributed by atoms with Crippen molar-refractivity contribution in [1.29, 1.82) is 0 Å². The number of esters is 1. The molecule has 0 aliphatic carbocycles. The molecule has 0 amide bonds. The maximum Gasteiger partial charge on any atom is 0.356 e. The molecule has 0 bridgehead atoms. The van der Waals surface area contributed by atoms with E-state index < -0.39 is 5.97 Å². The van der Waals surface area contributed by atoms with Crippen molar-refractivity contribution in [2.45, 2.75) is 39.0 Å². The lowest BCUT2D eigenvalue weighted by molar-refractivity contribution is 0.0491. The van der Waals surface area contributed by atoms with E-state index in [4.69, 9.17) is 16.3 Å². The number of fused-ring (bicyclic) bond motifs is 1. The van der Waals surface area contributed by atoms with Gasteiger partial charge >= 0.3 is 5.97 Å². The smallest absolute Gasteiger partial charge is 0.356 e. The van der Waals surface area contributed by atoms with Gasteiger partial charge in [-0.3, -0.25) is 0 Å². The predicted octanol–water partition coefficient (Wildman–Crippen LogP) is 5.02. The Hall–Kier alpha value is -1.61. The second-order valence-corrected chi connectivity index (χ2v) is 5.46. The minimum absolute atomic E-state index is 0.271. The lowest BCUT2D eigenvalue weighted by atomic mass is 10.2. The number of rotatable bonds is 7. The maximum absolute atomic E-state index is 12.0. The Morgan fingerprint density at radius 1 is 1.19 bits per heavy atom. The van der Waals surface area contributed by atoms with Gasteiger partial charge in [-0.1, -0.05) is 62.4 Å². The fraction of sp³-hybridized carbons (Fsp3) is 0.412. The number of benzene rings is 1. The number of halogens is 1. The molecule has 0 spiro atoms. The van der Waals surface area contributed by atoms with Gasteiger partial charge in [-0.2, -0.15) is 0 Å². The number of hydrogen-bond donors (Lipinski definition) is 0. The van der Waals surface area contributed by atoms with Gasteiger partial charge < -0.3 is 4.74 Å². The van der Waals surface area contributed by atoms with Gasteiger partial charge in [-0.15, -0.1) is 0 Å². The van der Waals surface area contributed by atoms with Crippen LogP contribution >= 0.6 is 11.6 Å². The molecule has 0 aliphatic heterocycles. The standard InChI is InChI=1S/C17H20ClNO2/c1-2-3-4-5-8-11-21-17(20)16-12-14(18)13-9-6-7-10-15(13)19-16/h6-7,9-10,12H,2-5,8,11H2,1H3. The molecule has 0 unspecified atom stereocenters. The predicted molar refractivity (Wildman–Crippen MR) is 85.8 cm³/mol. The Morgan fingerprint density at radius 3 is 2.76 bits per heavy atom. The third kappa shape index (κ3) is 4.43. The molecule has 0 atom stereocenters. The van der Waals surface area contributed by atoms with Crippen LogP contribution < -0.4 is 0 Å².